The number of carbonyl (C=O) groups is 1. The first-order chi connectivity index (χ1) is 10.1. The molecule has 0 unspecified atom stereocenters. The highest BCUT2D eigenvalue weighted by Gasteiger charge is 2.18. The summed E-state index contributed by atoms with van der Waals surface area (Å²) in [7, 11) is 3.40. The quantitative estimate of drug-likeness (QED) is 0.819. The molecule has 1 aromatic carbocycles. The SMILES string of the molecule is COc1cccc(C)c1C(=O)N(C)CCCn1cccn1. The van der Waals surface area contributed by atoms with Crippen molar-refractivity contribution in [2.24, 2.45) is 0 Å². The Morgan fingerprint density at radius 1 is 1.38 bits per heavy atom. The first-order valence-electron chi connectivity index (χ1n) is 7.00. The first-order valence-corrected chi connectivity index (χ1v) is 7.00. The zero-order valence-corrected chi connectivity index (χ0v) is 12.7. The summed E-state index contributed by atoms with van der Waals surface area (Å²) in [4.78, 5) is 14.3. The molecule has 0 radical (unpaired) electrons. The van der Waals surface area contributed by atoms with Gasteiger partial charge in [-0.25, -0.2) is 0 Å². The summed E-state index contributed by atoms with van der Waals surface area (Å²) in [6, 6.07) is 7.53. The molecule has 1 heterocycles. The van der Waals surface area contributed by atoms with Gasteiger partial charge in [-0.3, -0.25) is 9.48 Å². The molecule has 0 aliphatic rings. The Bertz CT molecular complexity index is 594. The van der Waals surface area contributed by atoms with Gasteiger partial charge in [0.2, 0.25) is 0 Å². The van der Waals surface area contributed by atoms with Crippen LogP contribution in [-0.2, 0) is 6.54 Å². The predicted molar refractivity (Wildman–Crippen MR) is 81.5 cm³/mol. The number of nitrogens with zero attached hydrogens (tertiary/aromatic N) is 3. The molecule has 0 saturated carbocycles. The van der Waals surface area contributed by atoms with Crippen LogP contribution < -0.4 is 4.74 Å². The van der Waals surface area contributed by atoms with E-state index < -0.39 is 0 Å². The molecular weight excluding hydrogens is 266 g/mol. The lowest BCUT2D eigenvalue weighted by Crippen LogP contribution is -2.29. The van der Waals surface area contributed by atoms with Gasteiger partial charge in [0, 0.05) is 32.5 Å². The second-order valence-corrected chi connectivity index (χ2v) is 5.00. The molecular formula is C16H21N3O2. The summed E-state index contributed by atoms with van der Waals surface area (Å²) >= 11 is 0. The van der Waals surface area contributed by atoms with Crippen molar-refractivity contribution in [1.82, 2.24) is 14.7 Å². The van der Waals surface area contributed by atoms with Gasteiger partial charge in [-0.1, -0.05) is 12.1 Å². The van der Waals surface area contributed by atoms with Gasteiger partial charge < -0.3 is 9.64 Å². The summed E-state index contributed by atoms with van der Waals surface area (Å²) in [5.74, 6) is 0.615. The van der Waals surface area contributed by atoms with Crippen molar-refractivity contribution in [2.45, 2.75) is 19.9 Å². The van der Waals surface area contributed by atoms with Gasteiger partial charge in [0.1, 0.15) is 5.75 Å². The number of hydrogen-bond donors (Lipinski definition) is 0. The van der Waals surface area contributed by atoms with Crippen LogP contribution in [-0.4, -0.2) is 41.3 Å². The van der Waals surface area contributed by atoms with Crippen molar-refractivity contribution in [2.75, 3.05) is 20.7 Å². The van der Waals surface area contributed by atoms with E-state index in [9.17, 15) is 4.79 Å². The van der Waals surface area contributed by atoms with Crippen LogP contribution in [0.15, 0.2) is 36.7 Å². The molecule has 2 aromatic rings. The van der Waals surface area contributed by atoms with E-state index in [2.05, 4.69) is 5.10 Å². The molecule has 112 valence electrons. The lowest BCUT2D eigenvalue weighted by molar-refractivity contribution is 0.0787. The van der Waals surface area contributed by atoms with E-state index in [1.54, 1.807) is 18.2 Å². The van der Waals surface area contributed by atoms with Gasteiger partial charge in [-0.15, -0.1) is 0 Å². The Labute approximate surface area is 125 Å². The number of methoxy groups -OCH3 is 1. The maximum absolute atomic E-state index is 12.6. The second kappa shape index (κ2) is 6.92. The third-order valence-corrected chi connectivity index (χ3v) is 3.45. The lowest BCUT2D eigenvalue weighted by atomic mass is 10.1. The Kier molecular flexibility index (Phi) is 4.98. The average molecular weight is 287 g/mol. The molecule has 1 aromatic heterocycles. The van der Waals surface area contributed by atoms with E-state index in [4.69, 9.17) is 4.74 Å². The first kappa shape index (κ1) is 15.1. The minimum atomic E-state index is -0.00887. The van der Waals surface area contributed by atoms with Gasteiger partial charge in [-0.2, -0.15) is 5.10 Å². The van der Waals surface area contributed by atoms with Crippen LogP contribution in [0.2, 0.25) is 0 Å². The highest BCUT2D eigenvalue weighted by molar-refractivity contribution is 5.98. The van der Waals surface area contributed by atoms with E-state index in [0.717, 1.165) is 18.5 Å². The number of rotatable bonds is 6. The van der Waals surface area contributed by atoms with Crippen LogP contribution in [0, 0.1) is 6.92 Å². The minimum Gasteiger partial charge on any atom is -0.496 e. The highest BCUT2D eigenvalue weighted by atomic mass is 16.5. The standard InChI is InChI=1S/C16H21N3O2/c1-13-7-4-8-14(21-3)15(13)16(20)18(2)10-6-12-19-11-5-9-17-19/h4-5,7-9,11H,6,10,12H2,1-3H3. The van der Waals surface area contributed by atoms with E-state index in [1.807, 2.05) is 49.1 Å². The molecule has 0 bridgehead atoms. The average Bonchev–Trinajstić information content (AvgIpc) is 2.99. The number of ether oxygens (including phenoxy) is 1. The van der Waals surface area contributed by atoms with Crippen LogP contribution in [0.25, 0.3) is 0 Å². The lowest BCUT2D eigenvalue weighted by Gasteiger charge is -2.20. The molecule has 0 aliphatic carbocycles. The van der Waals surface area contributed by atoms with E-state index in [1.165, 1.54) is 0 Å². The number of benzene rings is 1. The maximum Gasteiger partial charge on any atom is 0.257 e. The smallest absolute Gasteiger partial charge is 0.257 e. The van der Waals surface area contributed by atoms with Crippen LogP contribution in [0.1, 0.15) is 22.3 Å². The van der Waals surface area contributed by atoms with Crippen molar-refractivity contribution in [3.63, 3.8) is 0 Å². The van der Waals surface area contributed by atoms with Gasteiger partial charge in [0.25, 0.3) is 5.91 Å². The number of aromatic nitrogens is 2. The van der Waals surface area contributed by atoms with E-state index in [-0.39, 0.29) is 5.91 Å². The number of carbonyl (C=O) groups excluding carboxylic acids is 1. The summed E-state index contributed by atoms with van der Waals surface area (Å²) in [5.41, 5.74) is 1.57. The fraction of sp³-hybridized carbons (Fsp3) is 0.375. The third kappa shape index (κ3) is 3.62. The van der Waals surface area contributed by atoms with Gasteiger partial charge >= 0.3 is 0 Å². The largest absolute Gasteiger partial charge is 0.496 e. The zero-order chi connectivity index (χ0) is 15.2. The van der Waals surface area contributed by atoms with Crippen molar-refractivity contribution < 1.29 is 9.53 Å². The Morgan fingerprint density at radius 2 is 2.19 bits per heavy atom. The molecule has 0 saturated heterocycles. The predicted octanol–water partition coefficient (Wildman–Crippen LogP) is 2.36. The molecule has 0 fully saturated rings. The maximum atomic E-state index is 12.6. The fourth-order valence-electron chi connectivity index (χ4n) is 2.28. The molecule has 0 atom stereocenters. The third-order valence-electron chi connectivity index (χ3n) is 3.45. The number of amides is 1. The van der Waals surface area contributed by atoms with Crippen molar-refractivity contribution >= 4 is 5.91 Å². The summed E-state index contributed by atoms with van der Waals surface area (Å²) in [6.07, 6.45) is 4.54. The van der Waals surface area contributed by atoms with Crippen LogP contribution in [0.4, 0.5) is 0 Å². The van der Waals surface area contributed by atoms with Crippen LogP contribution in [0.5, 0.6) is 5.75 Å². The Hall–Kier alpha value is -2.30. The van der Waals surface area contributed by atoms with Gasteiger partial charge in [0.15, 0.2) is 0 Å². The van der Waals surface area contributed by atoms with Gasteiger partial charge in [0.05, 0.1) is 12.7 Å². The van der Waals surface area contributed by atoms with E-state index in [0.29, 0.717) is 17.9 Å². The molecule has 0 N–H and O–H groups in total. The summed E-state index contributed by atoms with van der Waals surface area (Å²) < 4.78 is 7.17. The molecule has 1 amide bonds. The zero-order valence-electron chi connectivity index (χ0n) is 12.7. The Morgan fingerprint density at radius 3 is 2.86 bits per heavy atom. The topological polar surface area (TPSA) is 47.4 Å². The minimum absolute atomic E-state index is 0.00887. The summed E-state index contributed by atoms with van der Waals surface area (Å²) in [6.45, 7) is 3.40. The molecule has 2 rings (SSSR count). The summed E-state index contributed by atoms with van der Waals surface area (Å²) in [5, 5.41) is 4.15. The normalized spacial score (nSPS) is 10.4. The van der Waals surface area contributed by atoms with Crippen molar-refractivity contribution in [3.8, 4) is 5.75 Å². The molecule has 5 heteroatoms. The molecule has 21 heavy (non-hydrogen) atoms. The monoisotopic (exact) mass is 287 g/mol. The number of aryl methyl sites for hydroxylation is 2. The number of hydrogen-bond acceptors (Lipinski definition) is 3. The fourth-order valence-corrected chi connectivity index (χ4v) is 2.28. The molecule has 5 nitrogen and oxygen atoms in total. The van der Waals surface area contributed by atoms with Crippen LogP contribution >= 0.6 is 0 Å². The molecule has 0 spiro atoms. The second-order valence-electron chi connectivity index (χ2n) is 5.00. The van der Waals surface area contributed by atoms with Crippen molar-refractivity contribution in [3.05, 3.63) is 47.8 Å². The van der Waals surface area contributed by atoms with Gasteiger partial charge in [-0.05, 0) is 31.0 Å². The van der Waals surface area contributed by atoms with Crippen molar-refractivity contribution in [1.29, 1.82) is 0 Å². The Balaban J connectivity index is 1.99. The molecule has 0 aliphatic heterocycles. The van der Waals surface area contributed by atoms with E-state index >= 15 is 0 Å². The van der Waals surface area contributed by atoms with Crippen LogP contribution in [0.3, 0.4) is 0 Å². The highest BCUT2D eigenvalue weighted by Crippen LogP contribution is 2.23.